The highest BCUT2D eigenvalue weighted by molar-refractivity contribution is 5.73. The third kappa shape index (κ3) is 2.31. The molecule has 0 aliphatic carbocycles. The SMILES string of the molecule is O=C(O)C(F)(F)OCF. The van der Waals surface area contributed by atoms with E-state index >= 15 is 0 Å². The van der Waals surface area contributed by atoms with E-state index in [9.17, 15) is 18.0 Å². The minimum absolute atomic E-state index is 1.82. The second kappa shape index (κ2) is 2.67. The van der Waals surface area contributed by atoms with Gasteiger partial charge in [-0.3, -0.25) is 4.74 Å². The van der Waals surface area contributed by atoms with E-state index in [4.69, 9.17) is 5.11 Å². The molecule has 0 saturated carbocycles. The van der Waals surface area contributed by atoms with Gasteiger partial charge in [-0.15, -0.1) is 0 Å². The summed E-state index contributed by atoms with van der Waals surface area (Å²) in [5.41, 5.74) is 0. The number of hydrogen-bond acceptors (Lipinski definition) is 2. The van der Waals surface area contributed by atoms with E-state index < -0.39 is 18.9 Å². The molecule has 1 N–H and O–H groups in total. The Kier molecular flexibility index (Phi) is 2.44. The van der Waals surface area contributed by atoms with Crippen molar-refractivity contribution < 1.29 is 27.8 Å². The van der Waals surface area contributed by atoms with E-state index in [-0.39, 0.29) is 0 Å². The molecule has 0 aromatic heterocycles. The first-order valence-electron chi connectivity index (χ1n) is 1.82. The van der Waals surface area contributed by atoms with Gasteiger partial charge in [-0.2, -0.15) is 8.78 Å². The molecule has 0 aromatic rings. The van der Waals surface area contributed by atoms with Crippen LogP contribution >= 0.6 is 0 Å². The van der Waals surface area contributed by atoms with Gasteiger partial charge in [-0.05, 0) is 0 Å². The van der Waals surface area contributed by atoms with Crippen molar-refractivity contribution in [1.29, 1.82) is 0 Å². The van der Waals surface area contributed by atoms with Crippen LogP contribution in [0.3, 0.4) is 0 Å². The fourth-order valence-corrected chi connectivity index (χ4v) is 0.130. The Labute approximate surface area is 48.0 Å². The summed E-state index contributed by atoms with van der Waals surface area (Å²) in [4.78, 5) is 9.37. The van der Waals surface area contributed by atoms with Crippen LogP contribution < -0.4 is 0 Å². The Morgan fingerprint density at radius 3 is 2.22 bits per heavy atom. The number of halogens is 3. The molecule has 0 spiro atoms. The van der Waals surface area contributed by atoms with Crippen molar-refractivity contribution in [3.05, 3.63) is 0 Å². The summed E-state index contributed by atoms with van der Waals surface area (Å²) in [6, 6.07) is 0. The molecule has 0 radical (unpaired) electrons. The summed E-state index contributed by atoms with van der Waals surface area (Å²) in [7, 11) is 0. The van der Waals surface area contributed by atoms with Crippen LogP contribution in [-0.2, 0) is 9.53 Å². The zero-order valence-electron chi connectivity index (χ0n) is 4.10. The standard InChI is InChI=1S/C3H3F3O3/c4-1-9-3(5,6)2(7)8/h1H2,(H,7,8). The summed E-state index contributed by atoms with van der Waals surface area (Å²) >= 11 is 0. The van der Waals surface area contributed by atoms with Crippen LogP contribution in [0.5, 0.6) is 0 Å². The molecule has 0 aliphatic heterocycles. The maximum Gasteiger partial charge on any atom is 0.458 e. The van der Waals surface area contributed by atoms with Crippen LogP contribution in [0.15, 0.2) is 0 Å². The molecule has 0 saturated heterocycles. The summed E-state index contributed by atoms with van der Waals surface area (Å²) in [6.07, 6.45) is -4.41. The zero-order valence-corrected chi connectivity index (χ0v) is 4.10. The van der Waals surface area contributed by atoms with Gasteiger partial charge in [0.15, 0.2) is 6.86 Å². The van der Waals surface area contributed by atoms with Gasteiger partial charge in [0.05, 0.1) is 0 Å². The topological polar surface area (TPSA) is 46.5 Å². The third-order valence-electron chi connectivity index (χ3n) is 0.485. The second-order valence-electron chi connectivity index (χ2n) is 1.08. The lowest BCUT2D eigenvalue weighted by molar-refractivity contribution is -0.257. The van der Waals surface area contributed by atoms with E-state index in [1.807, 2.05) is 0 Å². The average molecular weight is 144 g/mol. The van der Waals surface area contributed by atoms with Crippen LogP contribution in [-0.4, -0.2) is 24.0 Å². The first-order chi connectivity index (χ1) is 4.00. The van der Waals surface area contributed by atoms with Crippen molar-refractivity contribution in [1.82, 2.24) is 0 Å². The quantitative estimate of drug-likeness (QED) is 0.631. The molecule has 3 nitrogen and oxygen atoms in total. The number of aliphatic carboxylic acids is 1. The second-order valence-corrected chi connectivity index (χ2v) is 1.08. The van der Waals surface area contributed by atoms with Crippen LogP contribution in [0.2, 0.25) is 0 Å². The summed E-state index contributed by atoms with van der Waals surface area (Å²) in [5, 5.41) is 7.53. The van der Waals surface area contributed by atoms with Crippen LogP contribution in [0, 0.1) is 0 Å². The van der Waals surface area contributed by atoms with Crippen molar-refractivity contribution in [2.24, 2.45) is 0 Å². The van der Waals surface area contributed by atoms with Gasteiger partial charge in [-0.25, -0.2) is 9.18 Å². The van der Waals surface area contributed by atoms with Crippen molar-refractivity contribution in [2.75, 3.05) is 6.86 Å². The average Bonchev–Trinajstić information content (AvgIpc) is 1.65. The number of alkyl halides is 3. The lowest BCUT2D eigenvalue weighted by atomic mass is 10.6. The van der Waals surface area contributed by atoms with Crippen molar-refractivity contribution in [3.8, 4) is 0 Å². The molecule has 0 aliphatic rings. The van der Waals surface area contributed by atoms with Gasteiger partial charge < -0.3 is 5.11 Å². The Morgan fingerprint density at radius 1 is 1.67 bits per heavy atom. The molecule has 6 heteroatoms. The molecule has 0 unspecified atom stereocenters. The maximum absolute atomic E-state index is 11.5. The maximum atomic E-state index is 11.5. The Hall–Kier alpha value is -0.780. The highest BCUT2D eigenvalue weighted by Gasteiger charge is 2.40. The third-order valence-corrected chi connectivity index (χ3v) is 0.485. The highest BCUT2D eigenvalue weighted by Crippen LogP contribution is 2.14. The first kappa shape index (κ1) is 8.22. The van der Waals surface area contributed by atoms with Gasteiger partial charge in [0.1, 0.15) is 0 Å². The van der Waals surface area contributed by atoms with E-state index in [1.54, 1.807) is 0 Å². The zero-order chi connectivity index (χ0) is 7.49. The smallest absolute Gasteiger partial charge is 0.458 e. The molecule has 0 amide bonds. The number of hydrogen-bond donors (Lipinski definition) is 1. The van der Waals surface area contributed by atoms with E-state index in [2.05, 4.69) is 4.74 Å². The Morgan fingerprint density at radius 2 is 2.11 bits per heavy atom. The molecule has 0 atom stereocenters. The van der Waals surface area contributed by atoms with Crippen molar-refractivity contribution >= 4 is 5.97 Å². The van der Waals surface area contributed by atoms with Gasteiger partial charge in [0, 0.05) is 0 Å². The van der Waals surface area contributed by atoms with Crippen molar-refractivity contribution in [2.45, 2.75) is 6.11 Å². The molecule has 9 heavy (non-hydrogen) atoms. The number of ether oxygens (including phenoxy) is 1. The molecule has 0 heterocycles. The van der Waals surface area contributed by atoms with Gasteiger partial charge in [0.2, 0.25) is 0 Å². The summed E-state index contributed by atoms with van der Waals surface area (Å²) in [6.45, 7) is -1.82. The van der Waals surface area contributed by atoms with Gasteiger partial charge in [-0.1, -0.05) is 0 Å². The minimum Gasteiger partial charge on any atom is -0.475 e. The molecular weight excluding hydrogens is 141 g/mol. The Bertz CT molecular complexity index is 113. The monoisotopic (exact) mass is 144 g/mol. The lowest BCUT2D eigenvalue weighted by Crippen LogP contribution is -2.31. The predicted molar refractivity (Wildman–Crippen MR) is 19.6 cm³/mol. The predicted octanol–water partition coefficient (Wildman–Crippen LogP) is 0.607. The van der Waals surface area contributed by atoms with E-state index in [1.165, 1.54) is 0 Å². The molecule has 0 aromatic carbocycles. The molecule has 54 valence electrons. The first-order valence-corrected chi connectivity index (χ1v) is 1.82. The van der Waals surface area contributed by atoms with E-state index in [0.717, 1.165) is 0 Å². The minimum atomic E-state index is -4.41. The van der Waals surface area contributed by atoms with Crippen LogP contribution in [0.1, 0.15) is 0 Å². The fraction of sp³-hybridized carbons (Fsp3) is 0.667. The number of carbonyl (C=O) groups is 1. The molecule has 0 bridgehead atoms. The lowest BCUT2D eigenvalue weighted by Gasteiger charge is -2.06. The number of carboxylic acids is 1. The summed E-state index contributed by atoms with van der Waals surface area (Å²) < 4.78 is 36.7. The molecule has 0 rings (SSSR count). The van der Waals surface area contributed by atoms with Crippen molar-refractivity contribution in [3.63, 3.8) is 0 Å². The van der Waals surface area contributed by atoms with Crippen LogP contribution in [0.25, 0.3) is 0 Å². The fourth-order valence-electron chi connectivity index (χ4n) is 0.130. The normalized spacial score (nSPS) is 11.4. The molecular formula is C3H3F3O3. The highest BCUT2D eigenvalue weighted by atomic mass is 19.3. The Balaban J connectivity index is 3.85. The largest absolute Gasteiger partial charge is 0.475 e. The van der Waals surface area contributed by atoms with Gasteiger partial charge in [0.25, 0.3) is 0 Å². The summed E-state index contributed by atoms with van der Waals surface area (Å²) in [5.74, 6) is -2.50. The molecule has 0 fully saturated rings. The number of rotatable bonds is 3. The van der Waals surface area contributed by atoms with E-state index in [0.29, 0.717) is 0 Å². The van der Waals surface area contributed by atoms with Crippen LogP contribution in [0.4, 0.5) is 13.2 Å². The number of carboxylic acid groups (broad SMARTS) is 1. The van der Waals surface area contributed by atoms with Gasteiger partial charge >= 0.3 is 12.1 Å².